The Morgan fingerprint density at radius 1 is 1.10 bits per heavy atom. The van der Waals surface area contributed by atoms with Gasteiger partial charge in [0.05, 0.1) is 5.69 Å². The first-order valence-corrected chi connectivity index (χ1v) is 10.3. The number of para-hydroxylation sites is 2. The fraction of sp³-hybridized carbons (Fsp3) is 0.333. The lowest BCUT2D eigenvalue weighted by Crippen LogP contribution is -2.44. The molecule has 0 aromatic heterocycles. The number of fused-ring (bicyclic) bond motifs is 2. The topological polar surface area (TPSA) is 79.9 Å². The minimum Gasteiger partial charge on any atom is -0.439 e. The third-order valence-electron chi connectivity index (χ3n) is 4.64. The lowest BCUT2D eigenvalue weighted by atomic mass is 10.0. The quantitative estimate of drug-likeness (QED) is 0.565. The van der Waals surface area contributed by atoms with Crippen LogP contribution in [0.4, 0.5) is 18.9 Å². The molecule has 4 rings (SSSR count). The first-order valence-electron chi connectivity index (χ1n) is 8.89. The summed E-state index contributed by atoms with van der Waals surface area (Å²) in [5.41, 5.74) is -3.66. The molecule has 3 aliphatic rings. The van der Waals surface area contributed by atoms with E-state index in [-0.39, 0.29) is 12.2 Å². The summed E-state index contributed by atoms with van der Waals surface area (Å²) in [6.45, 7) is 2.70. The van der Waals surface area contributed by atoms with Crippen LogP contribution in [-0.4, -0.2) is 45.0 Å². The van der Waals surface area contributed by atoms with Gasteiger partial charge in [-0.3, -0.25) is 0 Å². The minimum atomic E-state index is -5.75. The van der Waals surface area contributed by atoms with Gasteiger partial charge in [-0.1, -0.05) is 12.1 Å². The van der Waals surface area contributed by atoms with Gasteiger partial charge in [0.1, 0.15) is 5.76 Å². The van der Waals surface area contributed by atoms with Gasteiger partial charge in [-0.25, -0.2) is 0 Å². The van der Waals surface area contributed by atoms with Crippen LogP contribution in [0, 0.1) is 0 Å². The average Bonchev–Trinajstić information content (AvgIpc) is 2.84. The number of nitrogens with zero attached hydrogens (tertiary/aromatic N) is 1. The Morgan fingerprint density at radius 2 is 1.83 bits per heavy atom. The predicted octanol–water partition coefficient (Wildman–Crippen LogP) is 2.65. The van der Waals surface area contributed by atoms with Crippen LogP contribution in [0.3, 0.4) is 0 Å². The molecule has 2 aliphatic heterocycles. The molecular weight excluding hydrogens is 411 g/mol. The number of anilines is 1. The molecule has 0 saturated carbocycles. The Morgan fingerprint density at radius 3 is 2.55 bits per heavy atom. The standard InChI is InChI=1S/C18H18F3N3O4S/c19-18(20,21)29(25,26)28-12-5-6-14-13(11-12)17(24-9-7-22-8-10-24)27-16-4-2-1-3-15(16)23-14/h1-6,22-23H,7-11H2. The van der Waals surface area contributed by atoms with Crippen molar-refractivity contribution >= 4 is 15.8 Å². The van der Waals surface area contributed by atoms with Crippen LogP contribution in [0.2, 0.25) is 0 Å². The third-order valence-corrected chi connectivity index (χ3v) is 5.64. The van der Waals surface area contributed by atoms with Crippen molar-refractivity contribution in [1.29, 1.82) is 0 Å². The van der Waals surface area contributed by atoms with E-state index >= 15 is 0 Å². The molecule has 2 N–H and O–H groups in total. The Bertz CT molecular complexity index is 1010. The maximum Gasteiger partial charge on any atom is 0.534 e. The van der Waals surface area contributed by atoms with Crippen LogP contribution in [-0.2, 0) is 14.3 Å². The van der Waals surface area contributed by atoms with Crippen molar-refractivity contribution in [2.24, 2.45) is 0 Å². The Labute approximate surface area is 165 Å². The zero-order chi connectivity index (χ0) is 20.6. The summed E-state index contributed by atoms with van der Waals surface area (Å²) in [5, 5.41) is 6.43. The van der Waals surface area contributed by atoms with Crippen molar-refractivity contribution in [3.05, 3.63) is 59.3 Å². The summed E-state index contributed by atoms with van der Waals surface area (Å²) >= 11 is 0. The van der Waals surface area contributed by atoms with E-state index in [0.29, 0.717) is 41.7 Å². The lowest BCUT2D eigenvalue weighted by molar-refractivity contribution is -0.0523. The highest BCUT2D eigenvalue weighted by Crippen LogP contribution is 2.39. The molecule has 11 heteroatoms. The van der Waals surface area contributed by atoms with E-state index in [1.807, 2.05) is 23.1 Å². The number of hydrogen-bond acceptors (Lipinski definition) is 7. The van der Waals surface area contributed by atoms with E-state index in [1.165, 1.54) is 12.2 Å². The highest BCUT2D eigenvalue weighted by atomic mass is 32.2. The van der Waals surface area contributed by atoms with Gasteiger partial charge in [0.25, 0.3) is 0 Å². The van der Waals surface area contributed by atoms with Crippen LogP contribution in [0.1, 0.15) is 6.42 Å². The Hall–Kier alpha value is -2.66. The predicted molar refractivity (Wildman–Crippen MR) is 99.0 cm³/mol. The minimum absolute atomic E-state index is 0.165. The second-order valence-corrected chi connectivity index (χ2v) is 8.16. The molecule has 0 unspecified atom stereocenters. The summed E-state index contributed by atoms with van der Waals surface area (Å²) in [6, 6.07) is 7.24. The smallest absolute Gasteiger partial charge is 0.439 e. The van der Waals surface area contributed by atoms with Gasteiger partial charge in [0, 0.05) is 43.9 Å². The lowest BCUT2D eigenvalue weighted by Gasteiger charge is -2.32. The summed E-state index contributed by atoms with van der Waals surface area (Å²) in [7, 11) is -5.75. The number of allylic oxidation sites excluding steroid dienone is 4. The fourth-order valence-electron chi connectivity index (χ4n) is 3.25. The van der Waals surface area contributed by atoms with E-state index in [9.17, 15) is 21.6 Å². The molecule has 0 radical (unpaired) electrons. The first-order chi connectivity index (χ1) is 13.7. The number of benzene rings is 1. The molecule has 0 amide bonds. The maximum absolute atomic E-state index is 12.7. The Kier molecular flexibility index (Phi) is 4.95. The number of rotatable bonds is 3. The first kappa shape index (κ1) is 19.6. The van der Waals surface area contributed by atoms with Gasteiger partial charge in [0.2, 0.25) is 5.88 Å². The molecule has 156 valence electrons. The summed E-state index contributed by atoms with van der Waals surface area (Å²) in [5.74, 6) is 0.702. The highest BCUT2D eigenvalue weighted by Gasteiger charge is 2.49. The highest BCUT2D eigenvalue weighted by molar-refractivity contribution is 7.87. The van der Waals surface area contributed by atoms with Crippen molar-refractivity contribution in [2.75, 3.05) is 31.5 Å². The van der Waals surface area contributed by atoms with Crippen molar-refractivity contribution in [3.63, 3.8) is 0 Å². The number of ether oxygens (including phenoxy) is 1. The van der Waals surface area contributed by atoms with Gasteiger partial charge in [0.15, 0.2) is 5.75 Å². The van der Waals surface area contributed by atoms with E-state index in [2.05, 4.69) is 14.8 Å². The van der Waals surface area contributed by atoms with E-state index in [0.717, 1.165) is 13.1 Å². The molecule has 29 heavy (non-hydrogen) atoms. The molecule has 1 fully saturated rings. The van der Waals surface area contributed by atoms with E-state index in [1.54, 1.807) is 6.07 Å². The van der Waals surface area contributed by atoms with E-state index < -0.39 is 15.6 Å². The fourth-order valence-corrected chi connectivity index (χ4v) is 3.74. The van der Waals surface area contributed by atoms with Crippen molar-refractivity contribution in [3.8, 4) is 5.75 Å². The van der Waals surface area contributed by atoms with Crippen LogP contribution in [0.15, 0.2) is 59.3 Å². The second-order valence-electron chi connectivity index (χ2n) is 6.62. The number of piperazine rings is 1. The van der Waals surface area contributed by atoms with Gasteiger partial charge < -0.3 is 24.5 Å². The molecule has 0 spiro atoms. The number of halogens is 3. The summed E-state index contributed by atoms with van der Waals surface area (Å²) in [4.78, 5) is 1.98. The monoisotopic (exact) mass is 429 g/mol. The second kappa shape index (κ2) is 7.30. The summed E-state index contributed by atoms with van der Waals surface area (Å²) < 4.78 is 71.5. The average molecular weight is 429 g/mol. The van der Waals surface area contributed by atoms with E-state index in [4.69, 9.17) is 4.74 Å². The van der Waals surface area contributed by atoms with Crippen LogP contribution in [0.25, 0.3) is 0 Å². The van der Waals surface area contributed by atoms with Crippen LogP contribution < -0.4 is 15.4 Å². The van der Waals surface area contributed by atoms with Gasteiger partial charge in [-0.05, 0) is 24.3 Å². The van der Waals surface area contributed by atoms with Gasteiger partial charge in [-0.2, -0.15) is 21.6 Å². The molecule has 1 aliphatic carbocycles. The molecule has 0 atom stereocenters. The SMILES string of the molecule is O=S(=O)(OC1=CC=C2Nc3ccccc3OC(N3CCNCC3)=C2C1)C(F)(F)F. The molecule has 1 aromatic rings. The van der Waals surface area contributed by atoms with Gasteiger partial charge in [-0.15, -0.1) is 0 Å². The molecule has 1 aromatic carbocycles. The zero-order valence-corrected chi connectivity index (χ0v) is 15.9. The van der Waals surface area contributed by atoms with Crippen molar-refractivity contribution in [2.45, 2.75) is 11.9 Å². The molecule has 1 saturated heterocycles. The van der Waals surface area contributed by atoms with Crippen molar-refractivity contribution in [1.82, 2.24) is 10.2 Å². The van der Waals surface area contributed by atoms with Crippen LogP contribution in [0.5, 0.6) is 5.75 Å². The number of nitrogens with one attached hydrogen (secondary N) is 2. The zero-order valence-electron chi connectivity index (χ0n) is 15.1. The molecule has 7 nitrogen and oxygen atoms in total. The molecule has 2 heterocycles. The molecular formula is C18H18F3N3O4S. The Balaban J connectivity index is 1.73. The largest absolute Gasteiger partial charge is 0.534 e. The molecule has 0 bridgehead atoms. The van der Waals surface area contributed by atoms with Crippen LogP contribution >= 0.6 is 0 Å². The maximum atomic E-state index is 12.7. The van der Waals surface area contributed by atoms with Gasteiger partial charge >= 0.3 is 15.6 Å². The third kappa shape index (κ3) is 3.92. The summed E-state index contributed by atoms with van der Waals surface area (Å²) in [6.07, 6.45) is 2.55. The number of hydrogen-bond donors (Lipinski definition) is 2. The normalized spacial score (nSPS) is 19.8. The number of alkyl halides is 3. The van der Waals surface area contributed by atoms with Crippen molar-refractivity contribution < 1.29 is 30.5 Å².